The standard InChI is InChI=1S/C30H40F2O6/c1-4-36-16-24(35)30-25(37-26(38-30)17-8-6-5-7-9-17)14-19-20-13-22(31)21-12-18(33)10-11-27(21,2)29(20,32)23(34)15-28(19,30)3/h10-12,17,19-20,22-23,25-26,34H,4-9,13-16H2,1-3H3/t19?,20?,22-,23?,25+,26?,27?,28?,29-,30+/m0/s1. The highest BCUT2D eigenvalue weighted by Gasteiger charge is 2.80. The highest BCUT2D eigenvalue weighted by molar-refractivity contribution is 6.01. The summed E-state index contributed by atoms with van der Waals surface area (Å²) in [6.07, 6.45) is 5.20. The third kappa shape index (κ3) is 3.29. The first-order valence-electron chi connectivity index (χ1n) is 14.4. The zero-order valence-electron chi connectivity index (χ0n) is 22.6. The van der Waals surface area contributed by atoms with E-state index in [1.54, 1.807) is 6.92 Å². The van der Waals surface area contributed by atoms with Gasteiger partial charge in [0.15, 0.2) is 29.1 Å². The molecule has 5 fully saturated rings. The molecule has 0 bridgehead atoms. The van der Waals surface area contributed by atoms with Gasteiger partial charge in [0, 0.05) is 29.3 Å². The summed E-state index contributed by atoms with van der Waals surface area (Å²) < 4.78 is 52.1. The van der Waals surface area contributed by atoms with Gasteiger partial charge in [-0.1, -0.05) is 32.3 Å². The predicted octanol–water partition coefficient (Wildman–Crippen LogP) is 4.58. The Labute approximate surface area is 223 Å². The zero-order valence-corrected chi connectivity index (χ0v) is 22.6. The molecule has 1 saturated heterocycles. The molecular formula is C30H40F2O6. The van der Waals surface area contributed by atoms with E-state index in [1.165, 1.54) is 24.6 Å². The van der Waals surface area contributed by atoms with E-state index < -0.39 is 58.6 Å². The number of rotatable bonds is 5. The van der Waals surface area contributed by atoms with E-state index in [0.29, 0.717) is 13.0 Å². The molecule has 0 aromatic rings. The van der Waals surface area contributed by atoms with Crippen molar-refractivity contribution in [3.05, 3.63) is 23.8 Å². The quantitative estimate of drug-likeness (QED) is 0.556. The molecule has 8 heteroatoms. The molecule has 0 aromatic heterocycles. The molecule has 0 spiro atoms. The van der Waals surface area contributed by atoms with Gasteiger partial charge in [-0.15, -0.1) is 0 Å². The van der Waals surface area contributed by atoms with Gasteiger partial charge < -0.3 is 19.3 Å². The van der Waals surface area contributed by atoms with Crippen LogP contribution in [0.4, 0.5) is 8.78 Å². The maximum absolute atomic E-state index is 17.5. The lowest BCUT2D eigenvalue weighted by Gasteiger charge is -2.63. The fraction of sp³-hybridized carbons (Fsp3) is 0.800. The zero-order chi connectivity index (χ0) is 27.1. The lowest BCUT2D eigenvalue weighted by Crippen LogP contribution is -2.71. The number of hydrogen-bond acceptors (Lipinski definition) is 6. The summed E-state index contributed by atoms with van der Waals surface area (Å²) in [5.41, 5.74) is -5.93. The second-order valence-electron chi connectivity index (χ2n) is 12.9. The first kappa shape index (κ1) is 26.7. The van der Waals surface area contributed by atoms with E-state index in [4.69, 9.17) is 14.2 Å². The first-order valence-corrected chi connectivity index (χ1v) is 14.4. The maximum Gasteiger partial charge on any atom is 0.193 e. The molecule has 4 saturated carbocycles. The number of hydrogen-bond donors (Lipinski definition) is 1. The van der Waals surface area contributed by atoms with Crippen LogP contribution < -0.4 is 0 Å². The Kier molecular flexibility index (Phi) is 6.34. The predicted molar refractivity (Wildman–Crippen MR) is 135 cm³/mol. The molecular weight excluding hydrogens is 494 g/mol. The molecule has 0 aromatic carbocycles. The van der Waals surface area contributed by atoms with Gasteiger partial charge in [-0.05, 0) is 69.6 Å². The van der Waals surface area contributed by atoms with Gasteiger partial charge in [-0.3, -0.25) is 9.59 Å². The van der Waals surface area contributed by atoms with E-state index in [1.807, 2.05) is 13.8 Å². The summed E-state index contributed by atoms with van der Waals surface area (Å²) >= 11 is 0. The highest BCUT2D eigenvalue weighted by Crippen LogP contribution is 2.72. The van der Waals surface area contributed by atoms with Crippen molar-refractivity contribution in [2.45, 2.75) is 108 Å². The molecule has 1 aliphatic heterocycles. The molecule has 1 heterocycles. The molecule has 10 atom stereocenters. The Morgan fingerprint density at radius 1 is 1.18 bits per heavy atom. The first-order chi connectivity index (χ1) is 18.0. The van der Waals surface area contributed by atoms with Gasteiger partial charge in [0.2, 0.25) is 0 Å². The minimum absolute atomic E-state index is 0.0264. The smallest absolute Gasteiger partial charge is 0.193 e. The van der Waals surface area contributed by atoms with Gasteiger partial charge in [0.25, 0.3) is 0 Å². The van der Waals surface area contributed by atoms with Crippen LogP contribution in [0.3, 0.4) is 0 Å². The van der Waals surface area contributed by atoms with Crippen molar-refractivity contribution in [1.82, 2.24) is 0 Å². The molecule has 6 aliphatic rings. The molecule has 6 rings (SSSR count). The van der Waals surface area contributed by atoms with Crippen molar-refractivity contribution >= 4 is 11.6 Å². The lowest BCUT2D eigenvalue weighted by atomic mass is 9.44. The van der Waals surface area contributed by atoms with Crippen LogP contribution in [0.25, 0.3) is 0 Å². The number of Topliss-reactive ketones (excluding diaryl/α,β-unsaturated/α-hetero) is 1. The van der Waals surface area contributed by atoms with E-state index in [2.05, 4.69) is 0 Å². The monoisotopic (exact) mass is 534 g/mol. The molecule has 0 amide bonds. The normalized spacial score (nSPS) is 50.2. The van der Waals surface area contributed by atoms with E-state index >= 15 is 8.78 Å². The summed E-state index contributed by atoms with van der Waals surface area (Å²) in [6, 6.07) is 0. The largest absolute Gasteiger partial charge is 0.390 e. The molecule has 6 nitrogen and oxygen atoms in total. The molecule has 38 heavy (non-hydrogen) atoms. The number of aliphatic hydroxyl groups excluding tert-OH is 1. The Balaban J connectivity index is 1.41. The number of halogens is 2. The average molecular weight is 535 g/mol. The Hall–Kier alpha value is -1.48. The van der Waals surface area contributed by atoms with Gasteiger partial charge in [0.05, 0.1) is 12.2 Å². The van der Waals surface area contributed by atoms with E-state index in [-0.39, 0.29) is 42.5 Å². The second-order valence-corrected chi connectivity index (χ2v) is 12.9. The number of carbonyl (C=O) groups excluding carboxylic acids is 2. The highest BCUT2D eigenvalue weighted by atomic mass is 19.1. The number of allylic oxidation sites excluding steroid dienone is 4. The fourth-order valence-electron chi connectivity index (χ4n) is 9.39. The molecule has 0 radical (unpaired) electrons. The number of ketones is 2. The summed E-state index contributed by atoms with van der Waals surface area (Å²) in [5.74, 6) is -1.77. The van der Waals surface area contributed by atoms with Gasteiger partial charge >= 0.3 is 0 Å². The van der Waals surface area contributed by atoms with Crippen LogP contribution in [0.5, 0.6) is 0 Å². The minimum Gasteiger partial charge on any atom is -0.390 e. The SMILES string of the molecule is CCOCC(=O)[C@@]12OC(C3CCCCC3)O[C@@H]1CC1C3C[C@H](F)C4=CC(=O)C=CC4(C)[C@@]3(F)C(O)CC12C. The van der Waals surface area contributed by atoms with E-state index in [0.717, 1.165) is 25.7 Å². The lowest BCUT2D eigenvalue weighted by molar-refractivity contribution is -0.239. The number of aliphatic hydroxyl groups is 1. The van der Waals surface area contributed by atoms with Crippen molar-refractivity contribution in [3.8, 4) is 0 Å². The summed E-state index contributed by atoms with van der Waals surface area (Å²) in [7, 11) is 0. The summed E-state index contributed by atoms with van der Waals surface area (Å²) in [5, 5.41) is 11.7. The molecule has 210 valence electrons. The fourth-order valence-corrected chi connectivity index (χ4v) is 9.39. The minimum atomic E-state index is -2.20. The van der Waals surface area contributed by atoms with Crippen LogP contribution in [0.2, 0.25) is 0 Å². The van der Waals surface area contributed by atoms with Crippen LogP contribution in [-0.2, 0) is 23.8 Å². The van der Waals surface area contributed by atoms with Crippen molar-refractivity contribution in [1.29, 1.82) is 0 Å². The third-order valence-electron chi connectivity index (χ3n) is 11.3. The van der Waals surface area contributed by atoms with Crippen LogP contribution in [-0.4, -0.2) is 65.8 Å². The van der Waals surface area contributed by atoms with Gasteiger partial charge in [-0.2, -0.15) is 0 Å². The third-order valence-corrected chi connectivity index (χ3v) is 11.3. The van der Waals surface area contributed by atoms with Crippen molar-refractivity contribution < 1.29 is 37.7 Å². The average Bonchev–Trinajstić information content (AvgIpc) is 3.40. The van der Waals surface area contributed by atoms with E-state index in [9.17, 15) is 14.7 Å². The van der Waals surface area contributed by atoms with Gasteiger partial charge in [0.1, 0.15) is 12.8 Å². The van der Waals surface area contributed by atoms with Crippen LogP contribution in [0.1, 0.15) is 72.1 Å². The summed E-state index contributed by atoms with van der Waals surface area (Å²) in [6.45, 7) is 5.51. The Morgan fingerprint density at radius 3 is 2.63 bits per heavy atom. The van der Waals surface area contributed by atoms with Crippen molar-refractivity contribution in [2.24, 2.45) is 28.6 Å². The number of fused-ring (bicyclic) bond motifs is 7. The molecule has 5 aliphatic carbocycles. The topological polar surface area (TPSA) is 82.1 Å². The molecule has 6 unspecified atom stereocenters. The number of carbonyl (C=O) groups is 2. The van der Waals surface area contributed by atoms with Crippen molar-refractivity contribution in [3.63, 3.8) is 0 Å². The number of ether oxygens (including phenoxy) is 3. The summed E-state index contributed by atoms with van der Waals surface area (Å²) in [4.78, 5) is 26.1. The van der Waals surface area contributed by atoms with Crippen LogP contribution in [0.15, 0.2) is 23.8 Å². The van der Waals surface area contributed by atoms with Crippen LogP contribution >= 0.6 is 0 Å². The number of alkyl halides is 2. The second kappa shape index (κ2) is 9.02. The Bertz CT molecular complexity index is 1070. The van der Waals surface area contributed by atoms with Crippen LogP contribution in [0, 0.1) is 28.6 Å². The Morgan fingerprint density at radius 2 is 1.92 bits per heavy atom. The van der Waals surface area contributed by atoms with Crippen molar-refractivity contribution in [2.75, 3.05) is 13.2 Å². The molecule has 1 N–H and O–H groups in total. The maximum atomic E-state index is 17.5. The van der Waals surface area contributed by atoms with Gasteiger partial charge in [-0.25, -0.2) is 8.78 Å².